The number of amides is 1. The summed E-state index contributed by atoms with van der Waals surface area (Å²) >= 11 is 0. The summed E-state index contributed by atoms with van der Waals surface area (Å²) in [6.45, 7) is 0.0653. The van der Waals surface area contributed by atoms with Crippen LogP contribution in [0.5, 0.6) is 0 Å². The molecule has 172 valence electrons. The second-order valence-electron chi connectivity index (χ2n) is 7.95. The number of halogens is 2. The van der Waals surface area contributed by atoms with Crippen LogP contribution in [-0.4, -0.2) is 32.0 Å². The Morgan fingerprint density at radius 3 is 2.76 bits per heavy atom. The van der Waals surface area contributed by atoms with Gasteiger partial charge in [0, 0.05) is 42.0 Å². The van der Waals surface area contributed by atoms with Crippen LogP contribution in [-0.2, 0) is 18.3 Å². The average molecular weight is 462 g/mol. The van der Waals surface area contributed by atoms with E-state index in [2.05, 4.69) is 10.4 Å². The predicted molar refractivity (Wildman–Crippen MR) is 122 cm³/mol. The molecule has 1 amide bonds. The van der Waals surface area contributed by atoms with Gasteiger partial charge in [0.15, 0.2) is 0 Å². The van der Waals surface area contributed by atoms with E-state index >= 15 is 0 Å². The molecule has 0 aliphatic carbocycles. The lowest BCUT2D eigenvalue weighted by Crippen LogP contribution is -2.27. The average Bonchev–Trinajstić information content (AvgIpc) is 3.41. The molecule has 0 unspecified atom stereocenters. The van der Waals surface area contributed by atoms with Crippen LogP contribution in [0.25, 0.3) is 22.0 Å². The molecule has 0 bridgehead atoms. The number of aromatic nitrogens is 3. The van der Waals surface area contributed by atoms with Crippen molar-refractivity contribution in [2.24, 2.45) is 7.05 Å². The Morgan fingerprint density at radius 2 is 2.03 bits per heavy atom. The molecular weight excluding hydrogens is 442 g/mol. The summed E-state index contributed by atoms with van der Waals surface area (Å²) in [6.07, 6.45) is 7.55. The van der Waals surface area contributed by atoms with E-state index in [1.54, 1.807) is 46.9 Å². The van der Waals surface area contributed by atoms with Crippen LogP contribution >= 0.6 is 0 Å². The minimum atomic E-state index is -0.610. The van der Waals surface area contributed by atoms with Crippen molar-refractivity contribution < 1.29 is 23.4 Å². The van der Waals surface area contributed by atoms with E-state index in [9.17, 15) is 18.7 Å². The largest absolute Gasteiger partial charge is 0.506 e. The summed E-state index contributed by atoms with van der Waals surface area (Å²) in [5, 5.41) is 16.7. The lowest BCUT2D eigenvalue weighted by molar-refractivity contribution is 0.0956. The standard InChI is InChI=1S/C25H20F2N4O3/c1-30-11-17(10-28-30)15-5-6-16(20(27)9-15)12-31-13-18(24-19(26)3-2-4-22(24)31)25(33)29-21-14-34-8-7-23(21)32/h2-11,13,32H,12,14H2,1H3,(H,29,33). The third-order valence-corrected chi connectivity index (χ3v) is 5.66. The highest BCUT2D eigenvalue weighted by Gasteiger charge is 2.21. The zero-order valence-electron chi connectivity index (χ0n) is 18.1. The fraction of sp³-hybridized carbons (Fsp3) is 0.120. The van der Waals surface area contributed by atoms with Gasteiger partial charge in [0.1, 0.15) is 24.0 Å². The van der Waals surface area contributed by atoms with Crippen LogP contribution in [0.15, 0.2) is 78.8 Å². The first-order chi connectivity index (χ1) is 16.4. The van der Waals surface area contributed by atoms with Crippen molar-refractivity contribution in [2.45, 2.75) is 6.54 Å². The van der Waals surface area contributed by atoms with E-state index in [4.69, 9.17) is 4.74 Å². The number of carbonyl (C=O) groups excluding carboxylic acids is 1. The van der Waals surface area contributed by atoms with Crippen molar-refractivity contribution in [2.75, 3.05) is 6.61 Å². The Labute approximate surface area is 193 Å². The summed E-state index contributed by atoms with van der Waals surface area (Å²) in [5.74, 6) is -1.75. The summed E-state index contributed by atoms with van der Waals surface area (Å²) in [5.41, 5.74) is 2.54. The van der Waals surface area contributed by atoms with Crippen LogP contribution < -0.4 is 5.32 Å². The zero-order valence-corrected chi connectivity index (χ0v) is 18.1. The van der Waals surface area contributed by atoms with Gasteiger partial charge in [0.05, 0.1) is 35.8 Å². The Kier molecular flexibility index (Phi) is 5.37. The fourth-order valence-corrected chi connectivity index (χ4v) is 3.94. The minimum Gasteiger partial charge on any atom is -0.506 e. The second-order valence-corrected chi connectivity index (χ2v) is 7.95. The van der Waals surface area contributed by atoms with E-state index in [-0.39, 0.29) is 35.6 Å². The van der Waals surface area contributed by atoms with Gasteiger partial charge in [-0.15, -0.1) is 0 Å². The summed E-state index contributed by atoms with van der Waals surface area (Å²) < 4.78 is 38.1. The molecule has 5 rings (SSSR count). The number of aryl methyl sites for hydroxylation is 1. The molecule has 9 heteroatoms. The van der Waals surface area contributed by atoms with E-state index in [1.807, 2.05) is 0 Å². The lowest BCUT2D eigenvalue weighted by atomic mass is 10.1. The normalized spacial score (nSPS) is 13.4. The van der Waals surface area contributed by atoms with Gasteiger partial charge in [0.25, 0.3) is 5.91 Å². The topological polar surface area (TPSA) is 81.3 Å². The van der Waals surface area contributed by atoms with Gasteiger partial charge in [0.2, 0.25) is 0 Å². The van der Waals surface area contributed by atoms with Crippen LogP contribution in [0.4, 0.5) is 8.78 Å². The molecule has 2 aromatic heterocycles. The molecule has 34 heavy (non-hydrogen) atoms. The Balaban J connectivity index is 1.49. The molecule has 1 aliphatic rings. The fourth-order valence-electron chi connectivity index (χ4n) is 3.94. The van der Waals surface area contributed by atoms with E-state index in [1.165, 1.54) is 36.7 Å². The molecule has 7 nitrogen and oxygen atoms in total. The maximum Gasteiger partial charge on any atom is 0.257 e. The van der Waals surface area contributed by atoms with Crippen molar-refractivity contribution >= 4 is 16.8 Å². The molecule has 1 aliphatic heterocycles. The molecule has 0 spiro atoms. The van der Waals surface area contributed by atoms with E-state index in [0.717, 1.165) is 5.56 Å². The Bertz CT molecular complexity index is 1480. The van der Waals surface area contributed by atoms with Crippen LogP contribution in [0.2, 0.25) is 0 Å². The molecule has 4 aromatic rings. The predicted octanol–water partition coefficient (Wildman–Crippen LogP) is 4.41. The molecule has 0 fully saturated rings. The molecule has 0 saturated heterocycles. The van der Waals surface area contributed by atoms with Gasteiger partial charge >= 0.3 is 0 Å². The molecule has 2 aromatic carbocycles. The molecule has 2 N–H and O–H groups in total. The number of hydrogen-bond acceptors (Lipinski definition) is 4. The van der Waals surface area contributed by atoms with Gasteiger partial charge in [-0.05, 0) is 23.8 Å². The molecule has 0 atom stereocenters. The molecule has 0 saturated carbocycles. The highest BCUT2D eigenvalue weighted by atomic mass is 19.1. The smallest absolute Gasteiger partial charge is 0.257 e. The van der Waals surface area contributed by atoms with Crippen LogP contribution in [0.3, 0.4) is 0 Å². The number of rotatable bonds is 5. The monoisotopic (exact) mass is 462 g/mol. The third-order valence-electron chi connectivity index (χ3n) is 5.66. The summed E-state index contributed by atoms with van der Waals surface area (Å²) in [7, 11) is 1.79. The van der Waals surface area contributed by atoms with Crippen molar-refractivity contribution in [3.63, 3.8) is 0 Å². The molecule has 0 radical (unpaired) electrons. The highest BCUT2D eigenvalue weighted by Crippen LogP contribution is 2.27. The van der Waals surface area contributed by atoms with Crippen LogP contribution in [0, 0.1) is 11.6 Å². The van der Waals surface area contributed by atoms with Gasteiger partial charge in [-0.1, -0.05) is 18.2 Å². The van der Waals surface area contributed by atoms with Gasteiger partial charge in [-0.2, -0.15) is 5.10 Å². The van der Waals surface area contributed by atoms with Crippen molar-refractivity contribution in [3.8, 4) is 11.1 Å². The number of aliphatic hydroxyl groups excluding tert-OH is 1. The minimum absolute atomic E-state index is 0.0241. The number of allylic oxidation sites excluding steroid dienone is 1. The Hall–Kier alpha value is -4.40. The first-order valence-corrected chi connectivity index (χ1v) is 10.5. The van der Waals surface area contributed by atoms with Crippen molar-refractivity contribution in [3.05, 3.63) is 102 Å². The van der Waals surface area contributed by atoms with Gasteiger partial charge in [-0.3, -0.25) is 9.48 Å². The number of nitrogens with zero attached hydrogens (tertiary/aromatic N) is 3. The van der Waals surface area contributed by atoms with Gasteiger partial charge in [-0.25, -0.2) is 8.78 Å². The van der Waals surface area contributed by atoms with E-state index in [0.29, 0.717) is 16.6 Å². The number of aliphatic hydroxyl groups is 1. The number of benzene rings is 2. The number of hydrogen-bond donors (Lipinski definition) is 2. The summed E-state index contributed by atoms with van der Waals surface area (Å²) in [4.78, 5) is 13.0. The first kappa shape index (κ1) is 21.4. The molecular formula is C25H20F2N4O3. The molecule has 3 heterocycles. The quantitative estimate of drug-likeness (QED) is 0.460. The van der Waals surface area contributed by atoms with Crippen molar-refractivity contribution in [1.82, 2.24) is 19.7 Å². The van der Waals surface area contributed by atoms with Crippen molar-refractivity contribution in [1.29, 1.82) is 0 Å². The zero-order chi connectivity index (χ0) is 23.8. The number of ether oxygens (including phenoxy) is 1. The summed E-state index contributed by atoms with van der Waals surface area (Å²) in [6, 6.07) is 9.35. The third kappa shape index (κ3) is 3.92. The maximum absolute atomic E-state index is 15.0. The van der Waals surface area contributed by atoms with E-state index < -0.39 is 17.5 Å². The lowest BCUT2D eigenvalue weighted by Gasteiger charge is -2.13. The second kappa shape index (κ2) is 8.51. The number of nitrogens with one attached hydrogen (secondary N) is 1. The SMILES string of the molecule is Cn1cc(-c2ccc(Cn3cc(C(=O)NC4=C(O)C=COC4)c4c(F)cccc43)c(F)c2)cn1. The van der Waals surface area contributed by atoms with Gasteiger partial charge < -0.3 is 19.7 Å². The number of carbonyl (C=O) groups is 1. The Morgan fingerprint density at radius 1 is 1.18 bits per heavy atom. The highest BCUT2D eigenvalue weighted by molar-refractivity contribution is 6.07. The maximum atomic E-state index is 15.0. The first-order valence-electron chi connectivity index (χ1n) is 10.5. The number of fused-ring (bicyclic) bond motifs is 1. The van der Waals surface area contributed by atoms with Crippen LogP contribution in [0.1, 0.15) is 15.9 Å².